The number of nitrogens with one attached hydrogen (secondary N) is 2. The van der Waals surface area contributed by atoms with E-state index in [4.69, 9.17) is 17.0 Å². The summed E-state index contributed by atoms with van der Waals surface area (Å²) in [5.41, 5.74) is 6.07. The fraction of sp³-hybridized carbons (Fsp3) is 0.727. The molecule has 0 aliphatic heterocycles. The minimum atomic E-state index is -1.31. The zero-order valence-corrected chi connectivity index (χ0v) is 26.4. The monoisotopic (exact) mass is 612 g/mol. The number of carbonyl (C=O) groups excluding carboxylic acids is 3. The zero-order valence-electron chi connectivity index (χ0n) is 26.4. The normalized spacial score (nSPS) is 34.8. The van der Waals surface area contributed by atoms with Crippen molar-refractivity contribution in [3.05, 3.63) is 11.6 Å². The molecule has 0 aromatic heterocycles. The molecule has 0 aromatic rings. The molecule has 0 spiro atoms. The van der Waals surface area contributed by atoms with Gasteiger partial charge in [-0.25, -0.2) is 4.79 Å². The Labute approximate surface area is 259 Å². The SMILES string of the molecule is C#C[C@@]1(O)CC[C@H]2[C@@H]3CCC4=C/C(=N\OCC(=O)N[C@@H](C(=O)N[C@H](CCC(N)=O)C(=O)O)C(C)C)CC[C@]4(C)[C@H]3CC[C@@]21C. The van der Waals surface area contributed by atoms with Gasteiger partial charge in [0.15, 0.2) is 6.61 Å². The van der Waals surface area contributed by atoms with Crippen molar-refractivity contribution in [1.29, 1.82) is 0 Å². The topological polar surface area (TPSA) is 180 Å². The van der Waals surface area contributed by atoms with Gasteiger partial charge in [-0.2, -0.15) is 0 Å². The maximum atomic E-state index is 12.8. The second-order valence-corrected chi connectivity index (χ2v) is 14.1. The molecule has 242 valence electrons. The van der Waals surface area contributed by atoms with E-state index in [0.717, 1.165) is 50.7 Å². The summed E-state index contributed by atoms with van der Waals surface area (Å²) >= 11 is 0. The quantitative estimate of drug-likeness (QED) is 0.176. The summed E-state index contributed by atoms with van der Waals surface area (Å²) < 4.78 is 0. The van der Waals surface area contributed by atoms with Crippen molar-refractivity contribution in [2.75, 3.05) is 6.61 Å². The van der Waals surface area contributed by atoms with Crippen LogP contribution in [-0.2, 0) is 24.0 Å². The van der Waals surface area contributed by atoms with Crippen molar-refractivity contribution < 1.29 is 34.2 Å². The molecular weight excluding hydrogens is 564 g/mol. The van der Waals surface area contributed by atoms with Crippen LogP contribution in [0.3, 0.4) is 0 Å². The van der Waals surface area contributed by atoms with E-state index in [1.165, 1.54) is 5.57 Å². The van der Waals surface area contributed by atoms with Crippen LogP contribution < -0.4 is 16.4 Å². The van der Waals surface area contributed by atoms with Crippen LogP contribution in [0, 0.1) is 46.8 Å². The number of primary amides is 1. The van der Waals surface area contributed by atoms with Crippen molar-refractivity contribution >= 4 is 29.4 Å². The number of nitrogens with zero attached hydrogens (tertiary/aromatic N) is 1. The number of carboxylic acids is 1. The maximum Gasteiger partial charge on any atom is 0.326 e. The third-order valence-corrected chi connectivity index (χ3v) is 11.3. The lowest BCUT2D eigenvalue weighted by atomic mass is 9.46. The van der Waals surface area contributed by atoms with Gasteiger partial charge in [-0.05, 0) is 93.0 Å². The Bertz CT molecular complexity index is 1270. The average molecular weight is 613 g/mol. The van der Waals surface area contributed by atoms with Crippen LogP contribution >= 0.6 is 0 Å². The van der Waals surface area contributed by atoms with Crippen LogP contribution in [0.4, 0.5) is 0 Å². The molecule has 0 saturated heterocycles. The Morgan fingerprint density at radius 1 is 1.11 bits per heavy atom. The number of hydrogen-bond acceptors (Lipinski definition) is 7. The highest BCUT2D eigenvalue weighted by Crippen LogP contribution is 2.67. The van der Waals surface area contributed by atoms with Crippen LogP contribution in [0.15, 0.2) is 16.8 Å². The smallest absolute Gasteiger partial charge is 0.326 e. The van der Waals surface area contributed by atoms with Gasteiger partial charge in [0.25, 0.3) is 5.91 Å². The minimum absolute atomic E-state index is 0.0561. The van der Waals surface area contributed by atoms with Gasteiger partial charge in [0.1, 0.15) is 17.7 Å². The second kappa shape index (κ2) is 12.9. The number of nitrogens with two attached hydrogens (primary N) is 1. The molecule has 0 aromatic carbocycles. The van der Waals surface area contributed by atoms with E-state index in [0.29, 0.717) is 24.2 Å². The molecular formula is C33H48N4O7. The number of oxime groups is 1. The number of amides is 3. The molecule has 8 atom stereocenters. The Morgan fingerprint density at radius 3 is 2.45 bits per heavy atom. The van der Waals surface area contributed by atoms with Crippen LogP contribution in [0.1, 0.15) is 91.9 Å². The lowest BCUT2D eigenvalue weighted by molar-refractivity contribution is -0.143. The fourth-order valence-electron chi connectivity index (χ4n) is 8.63. The largest absolute Gasteiger partial charge is 0.480 e. The van der Waals surface area contributed by atoms with Crippen molar-refractivity contribution in [1.82, 2.24) is 10.6 Å². The number of fused-ring (bicyclic) bond motifs is 5. The van der Waals surface area contributed by atoms with Crippen LogP contribution in [0.5, 0.6) is 0 Å². The Morgan fingerprint density at radius 2 is 1.82 bits per heavy atom. The Kier molecular flexibility index (Phi) is 9.84. The molecule has 3 saturated carbocycles. The second-order valence-electron chi connectivity index (χ2n) is 14.1. The first-order chi connectivity index (χ1) is 20.6. The summed E-state index contributed by atoms with van der Waals surface area (Å²) in [7, 11) is 0. The third kappa shape index (κ3) is 6.37. The van der Waals surface area contributed by atoms with Gasteiger partial charge in [-0.1, -0.05) is 44.3 Å². The Balaban J connectivity index is 1.34. The number of carboxylic acid groups (broad SMARTS) is 1. The number of terminal acetylenes is 1. The summed E-state index contributed by atoms with van der Waals surface area (Å²) in [6, 6.07) is -2.31. The van der Waals surface area contributed by atoms with E-state index in [1.807, 2.05) is 0 Å². The number of carbonyl (C=O) groups is 4. The predicted molar refractivity (Wildman–Crippen MR) is 164 cm³/mol. The van der Waals surface area contributed by atoms with Gasteiger partial charge in [0, 0.05) is 11.8 Å². The molecule has 3 fully saturated rings. The van der Waals surface area contributed by atoms with E-state index in [9.17, 15) is 29.4 Å². The van der Waals surface area contributed by atoms with E-state index in [1.54, 1.807) is 13.8 Å². The first-order valence-electron chi connectivity index (χ1n) is 15.9. The molecule has 44 heavy (non-hydrogen) atoms. The highest BCUT2D eigenvalue weighted by atomic mass is 16.6. The lowest BCUT2D eigenvalue weighted by Crippen LogP contribution is -2.54. The minimum Gasteiger partial charge on any atom is -0.480 e. The van der Waals surface area contributed by atoms with Crippen molar-refractivity contribution in [3.8, 4) is 12.3 Å². The van der Waals surface area contributed by atoms with Gasteiger partial charge in [0.2, 0.25) is 11.8 Å². The predicted octanol–water partition coefficient (Wildman–Crippen LogP) is 2.66. The van der Waals surface area contributed by atoms with E-state index in [-0.39, 0.29) is 29.6 Å². The number of allylic oxidation sites excluding steroid dienone is 2. The standard InChI is InChI=1S/C33H48N4O7/c1-6-33(43)16-13-24-22-8-7-20-17-21(11-14-31(20,4)23(22)12-15-32(24,33)5)37-44-18-27(39)36-28(19(2)3)29(40)35-25(30(41)42)9-10-26(34)38/h1,17,19,22-25,28,43H,7-16,18H2,2-5H3,(H2,34,38)(H,35,40)(H,36,39)(H,41,42)/b37-21-/t22-,23+,24+,25-,28-,31+,32+,33-/m1/s1. The van der Waals surface area contributed by atoms with Crippen LogP contribution in [-0.4, -0.2) is 63.9 Å². The van der Waals surface area contributed by atoms with Crippen LogP contribution in [0.2, 0.25) is 0 Å². The van der Waals surface area contributed by atoms with Crippen molar-refractivity contribution in [2.45, 2.75) is 110 Å². The molecule has 0 heterocycles. The summed E-state index contributed by atoms with van der Waals surface area (Å²) in [4.78, 5) is 53.4. The molecule has 0 unspecified atom stereocenters. The lowest BCUT2D eigenvalue weighted by Gasteiger charge is -2.58. The number of aliphatic hydroxyl groups is 1. The maximum absolute atomic E-state index is 12.8. The molecule has 0 bridgehead atoms. The summed E-state index contributed by atoms with van der Waals surface area (Å²) in [6.07, 6.45) is 14.9. The highest BCUT2D eigenvalue weighted by Gasteiger charge is 2.63. The van der Waals surface area contributed by atoms with E-state index < -0.39 is 48.0 Å². The third-order valence-electron chi connectivity index (χ3n) is 11.3. The first-order valence-corrected chi connectivity index (χ1v) is 15.9. The molecule has 11 heteroatoms. The first kappa shape index (κ1) is 33.5. The summed E-state index contributed by atoms with van der Waals surface area (Å²) in [5, 5.41) is 29.9. The molecule has 3 amide bonds. The molecule has 4 aliphatic carbocycles. The number of hydrogen-bond donors (Lipinski definition) is 5. The van der Waals surface area contributed by atoms with Crippen LogP contribution in [0.25, 0.3) is 0 Å². The Hall–Kier alpha value is -3.39. The molecule has 4 rings (SSSR count). The van der Waals surface area contributed by atoms with Gasteiger partial charge in [0.05, 0.1) is 5.71 Å². The summed E-state index contributed by atoms with van der Waals surface area (Å²) in [5.74, 6) is 0.706. The fourth-order valence-corrected chi connectivity index (χ4v) is 8.63. The van der Waals surface area contributed by atoms with Crippen molar-refractivity contribution in [2.24, 2.45) is 45.4 Å². The summed E-state index contributed by atoms with van der Waals surface area (Å²) in [6.45, 7) is 7.61. The van der Waals surface area contributed by atoms with Gasteiger partial charge in [-0.15, -0.1) is 6.42 Å². The zero-order chi connectivity index (χ0) is 32.4. The van der Waals surface area contributed by atoms with E-state index in [2.05, 4.69) is 41.6 Å². The van der Waals surface area contributed by atoms with Gasteiger partial charge >= 0.3 is 5.97 Å². The molecule has 11 nitrogen and oxygen atoms in total. The average Bonchev–Trinajstić information content (AvgIpc) is 3.24. The molecule has 0 radical (unpaired) electrons. The van der Waals surface area contributed by atoms with Crippen molar-refractivity contribution in [3.63, 3.8) is 0 Å². The van der Waals surface area contributed by atoms with E-state index >= 15 is 0 Å². The number of aliphatic carboxylic acids is 1. The number of rotatable bonds is 11. The molecule has 4 aliphatic rings. The van der Waals surface area contributed by atoms with Gasteiger partial charge < -0.3 is 31.4 Å². The van der Waals surface area contributed by atoms with Gasteiger partial charge in [-0.3, -0.25) is 14.4 Å². The molecule has 6 N–H and O–H groups in total. The highest BCUT2D eigenvalue weighted by molar-refractivity contribution is 5.96.